The molecule has 2 heterocycles. The second-order valence-electron chi connectivity index (χ2n) is 4.11. The molecule has 0 saturated heterocycles. The highest BCUT2D eigenvalue weighted by molar-refractivity contribution is 5.95. The Bertz CT molecular complexity index is 687. The van der Waals surface area contributed by atoms with E-state index in [1.54, 1.807) is 6.20 Å². The first-order valence-electron chi connectivity index (χ1n) is 5.84. The van der Waals surface area contributed by atoms with Gasteiger partial charge in [-0.2, -0.15) is 0 Å². The molecule has 0 spiro atoms. The monoisotopic (exact) mass is 235 g/mol. The van der Waals surface area contributed by atoms with Gasteiger partial charge in [0.2, 0.25) is 0 Å². The van der Waals surface area contributed by atoms with Crippen molar-refractivity contribution >= 4 is 16.5 Å². The molecule has 88 valence electrons. The van der Waals surface area contributed by atoms with Gasteiger partial charge in [-0.25, -0.2) is 0 Å². The van der Waals surface area contributed by atoms with Gasteiger partial charge in [0, 0.05) is 53.9 Å². The minimum Gasteiger partial charge on any atom is -0.388 e. The molecule has 0 atom stereocenters. The van der Waals surface area contributed by atoms with Crippen LogP contribution in [0.4, 0.5) is 5.69 Å². The maximum Gasteiger partial charge on any atom is 0.0353 e. The fourth-order valence-electron chi connectivity index (χ4n) is 2.08. The predicted octanol–water partition coefficient (Wildman–Crippen LogP) is 3.34. The number of fused-ring (bicyclic) bond motifs is 1. The van der Waals surface area contributed by atoms with Crippen LogP contribution >= 0.6 is 0 Å². The molecule has 3 heteroatoms. The van der Waals surface area contributed by atoms with Crippen LogP contribution in [0.3, 0.4) is 0 Å². The summed E-state index contributed by atoms with van der Waals surface area (Å²) < 4.78 is 0. The second kappa shape index (κ2) is 4.45. The van der Waals surface area contributed by atoms with E-state index < -0.39 is 0 Å². The average Bonchev–Trinajstić information content (AvgIpc) is 2.47. The first kappa shape index (κ1) is 10.7. The van der Waals surface area contributed by atoms with Crippen molar-refractivity contribution in [1.29, 1.82) is 0 Å². The fraction of sp³-hybridized carbons (Fsp3) is 0.0667. The minimum absolute atomic E-state index is 1.09. The van der Waals surface area contributed by atoms with E-state index in [0.717, 1.165) is 27.6 Å². The SMILES string of the molecule is CNc1cccc(-c2cncc3ccncc23)c1. The molecule has 0 unspecified atom stereocenters. The molecule has 0 aliphatic carbocycles. The summed E-state index contributed by atoms with van der Waals surface area (Å²) in [6.45, 7) is 0. The maximum absolute atomic E-state index is 4.30. The molecule has 1 N–H and O–H groups in total. The molecule has 0 aliphatic heterocycles. The number of pyridine rings is 2. The molecule has 18 heavy (non-hydrogen) atoms. The number of anilines is 1. The largest absolute Gasteiger partial charge is 0.388 e. The number of hydrogen-bond donors (Lipinski definition) is 1. The van der Waals surface area contributed by atoms with Crippen molar-refractivity contribution in [3.63, 3.8) is 0 Å². The third kappa shape index (κ3) is 1.80. The van der Waals surface area contributed by atoms with E-state index in [4.69, 9.17) is 0 Å². The van der Waals surface area contributed by atoms with Gasteiger partial charge in [-0.1, -0.05) is 12.1 Å². The Balaban J connectivity index is 2.24. The van der Waals surface area contributed by atoms with Crippen molar-refractivity contribution < 1.29 is 0 Å². The molecular formula is C15H13N3. The van der Waals surface area contributed by atoms with E-state index in [2.05, 4.69) is 27.4 Å². The lowest BCUT2D eigenvalue weighted by Gasteiger charge is -2.07. The summed E-state index contributed by atoms with van der Waals surface area (Å²) in [4.78, 5) is 8.49. The van der Waals surface area contributed by atoms with Crippen LogP contribution in [-0.4, -0.2) is 17.0 Å². The summed E-state index contributed by atoms with van der Waals surface area (Å²) in [6, 6.07) is 10.3. The van der Waals surface area contributed by atoms with Crippen LogP contribution in [0, 0.1) is 0 Å². The smallest absolute Gasteiger partial charge is 0.0353 e. The van der Waals surface area contributed by atoms with Crippen LogP contribution in [0.1, 0.15) is 0 Å². The van der Waals surface area contributed by atoms with Gasteiger partial charge in [-0.3, -0.25) is 9.97 Å². The van der Waals surface area contributed by atoms with Crippen molar-refractivity contribution in [3.05, 3.63) is 55.1 Å². The molecule has 0 amide bonds. The van der Waals surface area contributed by atoms with Gasteiger partial charge in [0.25, 0.3) is 0 Å². The van der Waals surface area contributed by atoms with E-state index in [9.17, 15) is 0 Å². The molecule has 0 radical (unpaired) electrons. The third-order valence-electron chi connectivity index (χ3n) is 3.02. The zero-order chi connectivity index (χ0) is 12.4. The Morgan fingerprint density at radius 2 is 1.94 bits per heavy atom. The molecule has 0 aliphatic rings. The molecular weight excluding hydrogens is 222 g/mol. The van der Waals surface area contributed by atoms with Crippen molar-refractivity contribution in [2.75, 3.05) is 12.4 Å². The standard InChI is InChI=1S/C15H13N3/c1-16-13-4-2-3-11(7-13)14-10-18-8-12-5-6-17-9-15(12)14/h2-10,16H,1H3. The van der Waals surface area contributed by atoms with Gasteiger partial charge in [-0.15, -0.1) is 0 Å². The quantitative estimate of drug-likeness (QED) is 0.740. The van der Waals surface area contributed by atoms with Crippen molar-refractivity contribution in [2.24, 2.45) is 0 Å². The van der Waals surface area contributed by atoms with Crippen molar-refractivity contribution in [2.45, 2.75) is 0 Å². The molecule has 3 aromatic rings. The molecule has 2 aromatic heterocycles. The summed E-state index contributed by atoms with van der Waals surface area (Å²) >= 11 is 0. The van der Waals surface area contributed by atoms with E-state index in [1.807, 2.05) is 43.8 Å². The van der Waals surface area contributed by atoms with Crippen LogP contribution in [0.25, 0.3) is 21.9 Å². The number of aromatic nitrogens is 2. The fourth-order valence-corrected chi connectivity index (χ4v) is 2.08. The highest BCUT2D eigenvalue weighted by Crippen LogP contribution is 2.28. The Morgan fingerprint density at radius 3 is 2.83 bits per heavy atom. The highest BCUT2D eigenvalue weighted by atomic mass is 14.8. The van der Waals surface area contributed by atoms with Crippen LogP contribution in [-0.2, 0) is 0 Å². The summed E-state index contributed by atoms with van der Waals surface area (Å²) in [6.07, 6.45) is 7.43. The average molecular weight is 235 g/mol. The van der Waals surface area contributed by atoms with Gasteiger partial charge in [0.15, 0.2) is 0 Å². The maximum atomic E-state index is 4.30. The Morgan fingerprint density at radius 1 is 1.00 bits per heavy atom. The Hall–Kier alpha value is -2.42. The Labute approximate surface area is 106 Å². The molecule has 3 nitrogen and oxygen atoms in total. The predicted molar refractivity (Wildman–Crippen MR) is 74.5 cm³/mol. The zero-order valence-corrected chi connectivity index (χ0v) is 10.1. The normalized spacial score (nSPS) is 10.5. The first-order valence-corrected chi connectivity index (χ1v) is 5.84. The van der Waals surface area contributed by atoms with E-state index in [1.165, 1.54) is 0 Å². The zero-order valence-electron chi connectivity index (χ0n) is 10.1. The summed E-state index contributed by atoms with van der Waals surface area (Å²) in [5.41, 5.74) is 3.35. The van der Waals surface area contributed by atoms with Gasteiger partial charge >= 0.3 is 0 Å². The summed E-state index contributed by atoms with van der Waals surface area (Å²) in [5.74, 6) is 0. The second-order valence-corrected chi connectivity index (χ2v) is 4.11. The number of nitrogens with zero attached hydrogens (tertiary/aromatic N) is 2. The summed E-state index contributed by atoms with van der Waals surface area (Å²) in [5, 5.41) is 5.38. The van der Waals surface area contributed by atoms with Gasteiger partial charge in [0.1, 0.15) is 0 Å². The van der Waals surface area contributed by atoms with Crippen LogP contribution < -0.4 is 5.32 Å². The highest BCUT2D eigenvalue weighted by Gasteiger charge is 2.04. The Kier molecular flexibility index (Phi) is 2.65. The van der Waals surface area contributed by atoms with E-state index in [-0.39, 0.29) is 0 Å². The van der Waals surface area contributed by atoms with Gasteiger partial charge in [0.05, 0.1) is 0 Å². The van der Waals surface area contributed by atoms with Crippen LogP contribution in [0.5, 0.6) is 0 Å². The van der Waals surface area contributed by atoms with E-state index in [0.29, 0.717) is 0 Å². The lowest BCUT2D eigenvalue weighted by Crippen LogP contribution is -1.89. The molecule has 1 aromatic carbocycles. The van der Waals surface area contributed by atoms with E-state index >= 15 is 0 Å². The molecule has 3 rings (SSSR count). The lowest BCUT2D eigenvalue weighted by molar-refractivity contribution is 1.32. The van der Waals surface area contributed by atoms with Crippen molar-refractivity contribution in [1.82, 2.24) is 9.97 Å². The van der Waals surface area contributed by atoms with Crippen molar-refractivity contribution in [3.8, 4) is 11.1 Å². The number of hydrogen-bond acceptors (Lipinski definition) is 3. The number of nitrogens with one attached hydrogen (secondary N) is 1. The minimum atomic E-state index is 1.09. The first-order chi connectivity index (χ1) is 8.88. The lowest BCUT2D eigenvalue weighted by atomic mass is 10.0. The van der Waals surface area contributed by atoms with Gasteiger partial charge in [-0.05, 0) is 23.8 Å². The van der Waals surface area contributed by atoms with Gasteiger partial charge < -0.3 is 5.32 Å². The molecule has 0 bridgehead atoms. The number of benzene rings is 1. The third-order valence-corrected chi connectivity index (χ3v) is 3.02. The molecule has 0 fully saturated rings. The molecule has 0 saturated carbocycles. The topological polar surface area (TPSA) is 37.8 Å². The van der Waals surface area contributed by atoms with Crippen LogP contribution in [0.15, 0.2) is 55.1 Å². The number of rotatable bonds is 2. The van der Waals surface area contributed by atoms with Crippen LogP contribution in [0.2, 0.25) is 0 Å². The summed E-state index contributed by atoms with van der Waals surface area (Å²) in [7, 11) is 1.92.